The monoisotopic (exact) mass is 233 g/mol. The number of nitrogens with zero attached hydrogens (tertiary/aromatic N) is 1. The van der Waals surface area contributed by atoms with Gasteiger partial charge in [-0.05, 0) is 12.0 Å². The second-order valence-corrected chi connectivity index (χ2v) is 4.09. The van der Waals surface area contributed by atoms with E-state index >= 15 is 0 Å². The van der Waals surface area contributed by atoms with Crippen LogP contribution in [0.25, 0.3) is 0 Å². The van der Waals surface area contributed by atoms with Crippen LogP contribution in [0.4, 0.5) is 5.69 Å². The first-order valence-electron chi connectivity index (χ1n) is 5.45. The van der Waals surface area contributed by atoms with Crippen LogP contribution in [0.1, 0.15) is 25.8 Å². The summed E-state index contributed by atoms with van der Waals surface area (Å²) in [5.41, 5.74) is 1.19. The molecule has 0 spiro atoms. The van der Waals surface area contributed by atoms with Gasteiger partial charge in [0.2, 0.25) is 6.08 Å². The van der Waals surface area contributed by atoms with Crippen LogP contribution in [0.5, 0.6) is 0 Å². The molecule has 0 atom stereocenters. The summed E-state index contributed by atoms with van der Waals surface area (Å²) in [7, 11) is 0. The second kappa shape index (κ2) is 6.61. The van der Waals surface area contributed by atoms with E-state index in [0.29, 0.717) is 17.7 Å². The van der Waals surface area contributed by atoms with E-state index in [0.717, 1.165) is 0 Å². The van der Waals surface area contributed by atoms with Crippen molar-refractivity contribution in [2.75, 3.05) is 0 Å². The fraction of sp³-hybridized carbons (Fsp3) is 0.385. The van der Waals surface area contributed by atoms with Gasteiger partial charge in [0.05, 0.1) is 5.69 Å². The lowest BCUT2D eigenvalue weighted by atomic mass is 10.1. The lowest BCUT2D eigenvalue weighted by Gasteiger charge is -2.07. The van der Waals surface area contributed by atoms with Crippen LogP contribution < -0.4 is 0 Å². The topological polar surface area (TPSA) is 55.7 Å². The lowest BCUT2D eigenvalue weighted by molar-refractivity contribution is -0.145. The molecular formula is C13H15NO3. The Balaban J connectivity index is 2.63. The number of rotatable bonds is 5. The van der Waals surface area contributed by atoms with Crippen LogP contribution in [0.3, 0.4) is 0 Å². The van der Waals surface area contributed by atoms with Gasteiger partial charge in [0.25, 0.3) is 0 Å². The van der Waals surface area contributed by atoms with Crippen molar-refractivity contribution < 1.29 is 14.3 Å². The number of para-hydroxylation sites is 1. The minimum Gasteiger partial charge on any atom is -0.461 e. The molecule has 0 heterocycles. The maximum Gasteiger partial charge on any atom is 0.306 e. The number of hydrogen-bond donors (Lipinski definition) is 0. The molecule has 0 saturated carbocycles. The van der Waals surface area contributed by atoms with Crippen LogP contribution in [0, 0.1) is 5.92 Å². The first kappa shape index (κ1) is 13.1. The average molecular weight is 233 g/mol. The van der Waals surface area contributed by atoms with Gasteiger partial charge in [-0.3, -0.25) is 4.79 Å². The van der Waals surface area contributed by atoms with Gasteiger partial charge in [0, 0.05) is 12.0 Å². The van der Waals surface area contributed by atoms with E-state index in [4.69, 9.17) is 4.74 Å². The molecule has 0 N–H and O–H groups in total. The number of carbonyl (C=O) groups excluding carboxylic acids is 2. The summed E-state index contributed by atoms with van der Waals surface area (Å²) >= 11 is 0. The Morgan fingerprint density at radius 1 is 1.41 bits per heavy atom. The van der Waals surface area contributed by atoms with Crippen molar-refractivity contribution >= 4 is 17.7 Å². The molecule has 1 aromatic carbocycles. The Labute approximate surface area is 100 Å². The highest BCUT2D eigenvalue weighted by Crippen LogP contribution is 2.19. The molecular weight excluding hydrogens is 218 g/mol. The molecule has 90 valence electrons. The zero-order valence-corrected chi connectivity index (χ0v) is 9.97. The van der Waals surface area contributed by atoms with Gasteiger partial charge in [-0.2, -0.15) is 4.99 Å². The molecule has 0 aromatic heterocycles. The molecule has 0 unspecified atom stereocenters. The molecule has 0 radical (unpaired) electrons. The van der Waals surface area contributed by atoms with E-state index in [1.165, 1.54) is 6.08 Å². The van der Waals surface area contributed by atoms with E-state index in [2.05, 4.69) is 4.99 Å². The summed E-state index contributed by atoms with van der Waals surface area (Å²) in [5.74, 6) is 0.0237. The van der Waals surface area contributed by atoms with Gasteiger partial charge in [-0.25, -0.2) is 4.79 Å². The Morgan fingerprint density at radius 2 is 2.12 bits per heavy atom. The predicted molar refractivity (Wildman–Crippen MR) is 63.5 cm³/mol. The highest BCUT2D eigenvalue weighted by Gasteiger charge is 2.08. The summed E-state index contributed by atoms with van der Waals surface area (Å²) in [6, 6.07) is 7.00. The number of benzene rings is 1. The Kier molecular flexibility index (Phi) is 5.11. The number of ether oxygens (including phenoxy) is 1. The van der Waals surface area contributed by atoms with Crippen molar-refractivity contribution in [2.24, 2.45) is 10.9 Å². The van der Waals surface area contributed by atoms with Gasteiger partial charge in [0.15, 0.2) is 0 Å². The molecule has 1 aromatic rings. The highest BCUT2D eigenvalue weighted by atomic mass is 16.5. The molecule has 0 aliphatic rings. The van der Waals surface area contributed by atoms with Crippen LogP contribution >= 0.6 is 0 Å². The Hall–Kier alpha value is -1.93. The van der Waals surface area contributed by atoms with E-state index in [1.807, 2.05) is 13.8 Å². The normalized spacial score (nSPS) is 9.82. The van der Waals surface area contributed by atoms with Crippen LogP contribution in [-0.2, 0) is 20.9 Å². The Morgan fingerprint density at radius 3 is 2.76 bits per heavy atom. The molecule has 17 heavy (non-hydrogen) atoms. The van der Waals surface area contributed by atoms with Gasteiger partial charge < -0.3 is 4.74 Å². The fourth-order valence-corrected chi connectivity index (χ4v) is 1.34. The third kappa shape index (κ3) is 4.62. The standard InChI is InChI=1S/C13H15NO3/c1-10(2)7-13(16)17-8-11-5-3-4-6-12(11)14-9-15/h3-6,10H,7-8H2,1-2H3. The van der Waals surface area contributed by atoms with Gasteiger partial charge in [0.1, 0.15) is 6.61 Å². The number of hydrogen-bond acceptors (Lipinski definition) is 4. The lowest BCUT2D eigenvalue weighted by Crippen LogP contribution is -2.07. The molecule has 0 saturated heterocycles. The maximum atomic E-state index is 11.4. The van der Waals surface area contributed by atoms with Crippen LogP contribution in [0.15, 0.2) is 29.3 Å². The van der Waals surface area contributed by atoms with E-state index < -0.39 is 0 Å². The smallest absolute Gasteiger partial charge is 0.306 e. The summed E-state index contributed by atoms with van der Waals surface area (Å²) in [6.45, 7) is 4.03. The summed E-state index contributed by atoms with van der Waals surface area (Å²) < 4.78 is 5.10. The molecule has 0 fully saturated rings. The van der Waals surface area contributed by atoms with Crippen LogP contribution in [-0.4, -0.2) is 12.0 Å². The molecule has 0 aliphatic heterocycles. The van der Waals surface area contributed by atoms with Crippen molar-refractivity contribution in [3.63, 3.8) is 0 Å². The minimum atomic E-state index is -0.245. The van der Waals surface area contributed by atoms with Crippen molar-refractivity contribution in [3.8, 4) is 0 Å². The number of isocyanates is 1. The van der Waals surface area contributed by atoms with E-state index in [-0.39, 0.29) is 18.5 Å². The zero-order chi connectivity index (χ0) is 12.7. The maximum absolute atomic E-state index is 11.4. The first-order chi connectivity index (χ1) is 8.13. The average Bonchev–Trinajstić information content (AvgIpc) is 2.27. The quantitative estimate of drug-likeness (QED) is 0.446. The second-order valence-electron chi connectivity index (χ2n) is 4.09. The van der Waals surface area contributed by atoms with Crippen molar-refractivity contribution in [3.05, 3.63) is 29.8 Å². The molecule has 4 nitrogen and oxygen atoms in total. The third-order valence-electron chi connectivity index (χ3n) is 2.12. The predicted octanol–water partition coefficient (Wildman–Crippen LogP) is 2.74. The minimum absolute atomic E-state index is 0.132. The number of esters is 1. The van der Waals surface area contributed by atoms with Crippen molar-refractivity contribution in [1.82, 2.24) is 0 Å². The van der Waals surface area contributed by atoms with E-state index in [9.17, 15) is 9.59 Å². The highest BCUT2D eigenvalue weighted by molar-refractivity contribution is 5.69. The summed E-state index contributed by atoms with van der Waals surface area (Å²) in [4.78, 5) is 25.1. The van der Waals surface area contributed by atoms with E-state index in [1.54, 1.807) is 24.3 Å². The number of aliphatic imine (C=N–C) groups is 1. The molecule has 0 aliphatic carbocycles. The third-order valence-corrected chi connectivity index (χ3v) is 2.12. The van der Waals surface area contributed by atoms with Crippen molar-refractivity contribution in [1.29, 1.82) is 0 Å². The van der Waals surface area contributed by atoms with Crippen LogP contribution in [0.2, 0.25) is 0 Å². The summed E-state index contributed by atoms with van der Waals surface area (Å²) in [5, 5.41) is 0. The summed E-state index contributed by atoms with van der Waals surface area (Å²) in [6.07, 6.45) is 1.87. The number of carbonyl (C=O) groups is 1. The first-order valence-corrected chi connectivity index (χ1v) is 5.45. The molecule has 1 rings (SSSR count). The molecule has 4 heteroatoms. The SMILES string of the molecule is CC(C)CC(=O)OCc1ccccc1N=C=O. The van der Waals surface area contributed by atoms with Crippen molar-refractivity contribution in [2.45, 2.75) is 26.9 Å². The molecule has 0 amide bonds. The van der Waals surface area contributed by atoms with Gasteiger partial charge >= 0.3 is 5.97 Å². The largest absolute Gasteiger partial charge is 0.461 e. The van der Waals surface area contributed by atoms with Gasteiger partial charge in [-0.1, -0.05) is 32.0 Å². The Bertz CT molecular complexity index is 434. The molecule has 0 bridgehead atoms. The zero-order valence-electron chi connectivity index (χ0n) is 9.97. The fourth-order valence-electron chi connectivity index (χ4n) is 1.34. The van der Waals surface area contributed by atoms with Gasteiger partial charge in [-0.15, -0.1) is 0 Å².